The predicted octanol–water partition coefficient (Wildman–Crippen LogP) is 13.0. The first-order valence-electron chi connectivity index (χ1n) is 18.2. The number of nitrogens with one attached hydrogen (secondary N) is 2. The number of aromatic amines is 1. The number of H-pyrrole nitrogens is 1. The zero-order valence-corrected chi connectivity index (χ0v) is 34.4. The maximum atomic E-state index is 12.2. The number of Topliss-reactive ketones (excluding diaryl/α,β-unsaturated/α-hetero) is 1. The molecule has 2 N–H and O–H groups in total. The maximum Gasteiger partial charge on any atom is 0.251 e. The number of benzene rings is 2. The van der Waals surface area contributed by atoms with Crippen molar-refractivity contribution in [1.29, 1.82) is 0 Å². The average molecular weight is 708 g/mol. The summed E-state index contributed by atoms with van der Waals surface area (Å²) in [6.07, 6.45) is 12.6. The molecule has 4 nitrogen and oxygen atoms in total. The molecular weight excluding hydrogens is 636 g/mol. The fraction of sp³-hybridized carbons (Fsp3) is 0.467. The highest BCUT2D eigenvalue weighted by Gasteiger charge is 2.10. The molecule has 0 fully saturated rings. The highest BCUT2D eigenvalue weighted by atomic mass is 35.5. The van der Waals surface area contributed by atoms with Crippen LogP contribution in [-0.2, 0) is 30.5 Å². The maximum absolute atomic E-state index is 12.2. The van der Waals surface area contributed by atoms with Crippen LogP contribution in [0, 0.1) is 19.8 Å². The standard InChI is InChI=1S/C17H22N2O.C10H13Cl.C9H18.C4H8.C3H6O.C2H4/c1-4-14-7-5-6-8-16(14)17(20)18-10-9-15-11-19-13(3)12(15)2;1-3-8-5-6-9(4-2)10(11)7-8;1-5-9(6-2)7-8(3)4;1-3-4-2;1-3(2)4;1-2/h5-8,11,19H,4,9-10H2,1-3H3,(H,18,20);5-7H,3-4H2,1-2H3;9H,3,5-7H2,1-2,4H3;3H,1,4H2,2H3;1-2H3;1-2H2. The molecule has 0 atom stereocenters. The molecule has 3 rings (SSSR count). The summed E-state index contributed by atoms with van der Waals surface area (Å²) in [5, 5.41) is 3.91. The van der Waals surface area contributed by atoms with E-state index in [-0.39, 0.29) is 11.7 Å². The molecule has 0 aliphatic heterocycles. The summed E-state index contributed by atoms with van der Waals surface area (Å²) < 4.78 is 0. The number of allylic oxidation sites excluding steroid dienone is 2. The number of carbonyl (C=O) groups is 2. The van der Waals surface area contributed by atoms with Gasteiger partial charge >= 0.3 is 0 Å². The van der Waals surface area contributed by atoms with Gasteiger partial charge in [-0.15, -0.1) is 26.3 Å². The van der Waals surface area contributed by atoms with Crippen molar-refractivity contribution in [3.8, 4) is 0 Å². The molecule has 5 heteroatoms. The van der Waals surface area contributed by atoms with Crippen molar-refractivity contribution in [2.45, 2.75) is 128 Å². The Kier molecular flexibility index (Phi) is 33.1. The number of amides is 1. The number of halogens is 1. The lowest BCUT2D eigenvalue weighted by molar-refractivity contribution is -0.115. The highest BCUT2D eigenvalue weighted by Crippen LogP contribution is 2.19. The third-order valence-electron chi connectivity index (χ3n) is 7.82. The molecule has 0 unspecified atom stereocenters. The van der Waals surface area contributed by atoms with Crippen LogP contribution in [0.1, 0.15) is 132 Å². The van der Waals surface area contributed by atoms with Gasteiger partial charge in [0.25, 0.3) is 5.91 Å². The van der Waals surface area contributed by atoms with E-state index in [0.717, 1.165) is 54.2 Å². The number of hydrogen-bond acceptors (Lipinski definition) is 2. The molecule has 1 amide bonds. The van der Waals surface area contributed by atoms with Crippen molar-refractivity contribution in [2.75, 3.05) is 6.54 Å². The van der Waals surface area contributed by atoms with Crippen LogP contribution in [0.2, 0.25) is 5.02 Å². The van der Waals surface area contributed by atoms with Crippen LogP contribution >= 0.6 is 11.6 Å². The Balaban J connectivity index is -0.000000624. The topological polar surface area (TPSA) is 62.0 Å². The van der Waals surface area contributed by atoms with Gasteiger partial charge in [0.15, 0.2) is 0 Å². The summed E-state index contributed by atoms with van der Waals surface area (Å²) in [5.41, 5.74) is 9.51. The second-order valence-corrected chi connectivity index (χ2v) is 12.6. The largest absolute Gasteiger partial charge is 0.365 e. The SMILES string of the molecule is C=C.C=C(C)CC(CC)CC.C=CCC.CC(C)=O.CCc1ccc(CC)c(Cl)c1.CCc1ccccc1C(=O)NCCc1c[nH]c(C)c1C. The summed E-state index contributed by atoms with van der Waals surface area (Å²) in [7, 11) is 0. The number of carbonyl (C=O) groups excluding carboxylic acids is 2. The summed E-state index contributed by atoms with van der Waals surface area (Å²) in [4.78, 5) is 24.8. The zero-order chi connectivity index (χ0) is 39.1. The second-order valence-electron chi connectivity index (χ2n) is 12.2. The van der Waals surface area contributed by atoms with E-state index in [4.69, 9.17) is 11.6 Å². The molecule has 0 saturated heterocycles. The highest BCUT2D eigenvalue weighted by molar-refractivity contribution is 6.31. The Morgan fingerprint density at radius 1 is 0.860 bits per heavy atom. The van der Waals surface area contributed by atoms with E-state index in [1.54, 1.807) is 0 Å². The van der Waals surface area contributed by atoms with E-state index in [1.165, 1.54) is 66.6 Å². The Labute approximate surface area is 312 Å². The van der Waals surface area contributed by atoms with Gasteiger partial charge in [0.2, 0.25) is 0 Å². The van der Waals surface area contributed by atoms with Gasteiger partial charge in [-0.1, -0.05) is 108 Å². The van der Waals surface area contributed by atoms with Gasteiger partial charge in [0.05, 0.1) is 0 Å². The lowest BCUT2D eigenvalue weighted by Gasteiger charge is -2.10. The van der Waals surface area contributed by atoms with E-state index in [9.17, 15) is 9.59 Å². The Bertz CT molecular complexity index is 1350. The molecule has 3 aromatic rings. The molecule has 0 radical (unpaired) electrons. The van der Waals surface area contributed by atoms with Gasteiger partial charge in [-0.05, 0) is 119 Å². The van der Waals surface area contributed by atoms with Crippen LogP contribution in [0.25, 0.3) is 0 Å². The van der Waals surface area contributed by atoms with Gasteiger partial charge in [-0.2, -0.15) is 0 Å². The minimum atomic E-state index is 0.0207. The van der Waals surface area contributed by atoms with Crippen LogP contribution in [0.3, 0.4) is 0 Å². The average Bonchev–Trinajstić information content (AvgIpc) is 3.44. The second kappa shape index (κ2) is 32.6. The predicted molar refractivity (Wildman–Crippen MR) is 224 cm³/mol. The molecule has 0 aliphatic rings. The molecule has 2 aromatic carbocycles. The fourth-order valence-electron chi connectivity index (χ4n) is 4.54. The minimum absolute atomic E-state index is 0.0207. The van der Waals surface area contributed by atoms with Crippen molar-refractivity contribution in [2.24, 2.45) is 5.92 Å². The summed E-state index contributed by atoms with van der Waals surface area (Å²) in [6, 6.07) is 14.1. The normalized spacial score (nSPS) is 9.38. The van der Waals surface area contributed by atoms with E-state index in [0.29, 0.717) is 6.54 Å². The van der Waals surface area contributed by atoms with Gasteiger partial charge < -0.3 is 15.1 Å². The zero-order valence-electron chi connectivity index (χ0n) is 33.7. The van der Waals surface area contributed by atoms with Crippen LogP contribution in [0.15, 0.2) is 86.6 Å². The number of ketones is 1. The van der Waals surface area contributed by atoms with Crippen LogP contribution < -0.4 is 5.32 Å². The molecule has 0 aliphatic carbocycles. The van der Waals surface area contributed by atoms with Crippen molar-refractivity contribution in [3.05, 3.63) is 131 Å². The van der Waals surface area contributed by atoms with Crippen molar-refractivity contribution in [3.63, 3.8) is 0 Å². The van der Waals surface area contributed by atoms with E-state index < -0.39 is 0 Å². The van der Waals surface area contributed by atoms with E-state index >= 15 is 0 Å². The molecular formula is C45H71ClN2O2. The first-order valence-corrected chi connectivity index (χ1v) is 18.6. The fourth-order valence-corrected chi connectivity index (χ4v) is 4.87. The Hall–Kier alpha value is -3.63. The third kappa shape index (κ3) is 24.5. The summed E-state index contributed by atoms with van der Waals surface area (Å²) >= 11 is 6.01. The lowest BCUT2D eigenvalue weighted by Crippen LogP contribution is -2.26. The first kappa shape index (κ1) is 50.7. The molecule has 50 heavy (non-hydrogen) atoms. The van der Waals surface area contributed by atoms with E-state index in [2.05, 4.69) is 117 Å². The minimum Gasteiger partial charge on any atom is -0.365 e. The Morgan fingerprint density at radius 2 is 1.40 bits per heavy atom. The summed E-state index contributed by atoms with van der Waals surface area (Å²) in [5.74, 6) is 1.06. The molecule has 1 heterocycles. The van der Waals surface area contributed by atoms with Crippen molar-refractivity contribution < 1.29 is 9.59 Å². The summed E-state index contributed by atoms with van der Waals surface area (Å²) in [6.45, 7) is 36.2. The number of hydrogen-bond donors (Lipinski definition) is 2. The van der Waals surface area contributed by atoms with Gasteiger partial charge in [-0.3, -0.25) is 4.79 Å². The first-order chi connectivity index (χ1) is 23.8. The Morgan fingerprint density at radius 3 is 1.78 bits per heavy atom. The molecule has 0 bridgehead atoms. The number of aromatic nitrogens is 1. The van der Waals surface area contributed by atoms with Crippen molar-refractivity contribution in [1.82, 2.24) is 10.3 Å². The molecule has 0 saturated carbocycles. The van der Waals surface area contributed by atoms with Crippen LogP contribution in [0.5, 0.6) is 0 Å². The van der Waals surface area contributed by atoms with Crippen molar-refractivity contribution >= 4 is 23.3 Å². The van der Waals surface area contributed by atoms with Gasteiger partial charge in [-0.25, -0.2) is 0 Å². The number of aryl methyl sites for hydroxylation is 4. The smallest absolute Gasteiger partial charge is 0.251 e. The van der Waals surface area contributed by atoms with Gasteiger partial charge in [0.1, 0.15) is 5.78 Å². The molecule has 280 valence electrons. The van der Waals surface area contributed by atoms with Crippen LogP contribution in [0.4, 0.5) is 0 Å². The lowest BCUT2D eigenvalue weighted by atomic mass is 9.96. The molecule has 1 aromatic heterocycles. The number of rotatable bonds is 12. The molecule has 0 spiro atoms. The van der Waals surface area contributed by atoms with E-state index in [1.807, 2.05) is 36.5 Å². The monoisotopic (exact) mass is 707 g/mol. The van der Waals surface area contributed by atoms with Gasteiger partial charge in [0, 0.05) is 29.0 Å². The third-order valence-corrected chi connectivity index (χ3v) is 8.17. The quantitative estimate of drug-likeness (QED) is 0.184. The van der Waals surface area contributed by atoms with Crippen LogP contribution in [-0.4, -0.2) is 23.2 Å².